The molecule has 1 amide bonds. The Bertz CT molecular complexity index is 797. The van der Waals surface area contributed by atoms with Crippen molar-refractivity contribution >= 4 is 48.0 Å². The number of carbonyl (C=O) groups is 2. The van der Waals surface area contributed by atoms with Crippen LogP contribution < -0.4 is 4.90 Å². The molecule has 0 bridgehead atoms. The number of ether oxygens (including phenoxy) is 1. The predicted molar refractivity (Wildman–Crippen MR) is 98.1 cm³/mol. The standard InChI is InChI=1S/C17H21N3O5.Li.H/c1-4-24-17(23)19-8-10(2)20(11(3)9-19)16-18-14-12(15(21)22)6-5-7-13(14)25-16;;/h5-7,10-11H,4,8-9H2,1-3H3,(H,21,22);;/t10-,11-;;/m0../s1. The summed E-state index contributed by atoms with van der Waals surface area (Å²) in [5.74, 6) is -1.04. The van der Waals surface area contributed by atoms with E-state index >= 15 is 0 Å². The van der Waals surface area contributed by atoms with Crippen molar-refractivity contribution in [1.82, 2.24) is 9.88 Å². The topological polar surface area (TPSA) is 96.1 Å². The second-order valence-corrected chi connectivity index (χ2v) is 6.16. The van der Waals surface area contributed by atoms with Crippen molar-refractivity contribution in [3.05, 3.63) is 23.8 Å². The summed E-state index contributed by atoms with van der Waals surface area (Å²) in [4.78, 5) is 31.4. The monoisotopic (exact) mass is 355 g/mol. The number of aromatic carboxylic acids is 1. The van der Waals surface area contributed by atoms with Gasteiger partial charge in [0, 0.05) is 25.2 Å². The number of amides is 1. The van der Waals surface area contributed by atoms with Crippen molar-refractivity contribution in [2.45, 2.75) is 32.9 Å². The van der Waals surface area contributed by atoms with Crippen LogP contribution in [0.15, 0.2) is 22.6 Å². The Morgan fingerprint density at radius 3 is 2.54 bits per heavy atom. The van der Waals surface area contributed by atoms with E-state index in [9.17, 15) is 14.7 Å². The van der Waals surface area contributed by atoms with Crippen LogP contribution in [0.1, 0.15) is 31.1 Å². The summed E-state index contributed by atoms with van der Waals surface area (Å²) in [6, 6.07) is 5.10. The van der Waals surface area contributed by atoms with Gasteiger partial charge in [-0.25, -0.2) is 9.59 Å². The fourth-order valence-electron chi connectivity index (χ4n) is 3.28. The summed E-state index contributed by atoms with van der Waals surface area (Å²) in [6.07, 6.45) is -0.327. The molecule has 2 atom stereocenters. The van der Waals surface area contributed by atoms with E-state index in [1.807, 2.05) is 18.7 Å². The predicted octanol–water partition coefficient (Wildman–Crippen LogP) is 1.93. The summed E-state index contributed by atoms with van der Waals surface area (Å²) in [7, 11) is 0. The molecule has 1 aromatic heterocycles. The van der Waals surface area contributed by atoms with Gasteiger partial charge in [0.05, 0.1) is 12.2 Å². The number of nitrogens with zero attached hydrogens (tertiary/aromatic N) is 3. The number of aromatic nitrogens is 1. The van der Waals surface area contributed by atoms with Crippen LogP contribution in [0.3, 0.4) is 0 Å². The van der Waals surface area contributed by atoms with Gasteiger partial charge in [0.1, 0.15) is 5.52 Å². The summed E-state index contributed by atoms with van der Waals surface area (Å²) in [6.45, 7) is 7.01. The van der Waals surface area contributed by atoms with Crippen molar-refractivity contribution in [3.63, 3.8) is 0 Å². The van der Waals surface area contributed by atoms with Crippen LogP contribution >= 0.6 is 0 Å². The van der Waals surface area contributed by atoms with E-state index in [1.54, 1.807) is 24.0 Å². The summed E-state index contributed by atoms with van der Waals surface area (Å²) in [5.41, 5.74) is 0.873. The van der Waals surface area contributed by atoms with Gasteiger partial charge in [-0.05, 0) is 32.9 Å². The molecule has 0 saturated carbocycles. The number of para-hydroxylation sites is 1. The molecule has 1 aromatic carbocycles. The van der Waals surface area contributed by atoms with E-state index in [1.165, 1.54) is 6.07 Å². The van der Waals surface area contributed by atoms with Crippen LogP contribution in [0.4, 0.5) is 10.8 Å². The Morgan fingerprint density at radius 1 is 1.31 bits per heavy atom. The van der Waals surface area contributed by atoms with Crippen molar-refractivity contribution in [3.8, 4) is 0 Å². The van der Waals surface area contributed by atoms with E-state index in [4.69, 9.17) is 9.15 Å². The van der Waals surface area contributed by atoms with Gasteiger partial charge < -0.3 is 24.1 Å². The Balaban J connectivity index is 0.00000243. The van der Waals surface area contributed by atoms with E-state index in [0.717, 1.165) is 0 Å². The molecule has 1 N–H and O–H groups in total. The average Bonchev–Trinajstić information content (AvgIpc) is 2.97. The molecule has 0 aliphatic carbocycles. The molecular formula is C17H22LiN3O5. The van der Waals surface area contributed by atoms with Crippen molar-refractivity contribution < 1.29 is 23.8 Å². The number of carbonyl (C=O) groups excluding carboxylic acids is 1. The van der Waals surface area contributed by atoms with E-state index in [-0.39, 0.29) is 42.6 Å². The van der Waals surface area contributed by atoms with Gasteiger partial charge in [0.15, 0.2) is 5.58 Å². The van der Waals surface area contributed by atoms with Gasteiger partial charge in [-0.15, -0.1) is 0 Å². The van der Waals surface area contributed by atoms with Crippen LogP contribution in [-0.2, 0) is 4.74 Å². The molecule has 1 saturated heterocycles. The number of hydrogen-bond acceptors (Lipinski definition) is 6. The van der Waals surface area contributed by atoms with Gasteiger partial charge in [0.2, 0.25) is 0 Å². The Morgan fingerprint density at radius 2 is 1.96 bits per heavy atom. The molecule has 26 heavy (non-hydrogen) atoms. The van der Waals surface area contributed by atoms with E-state index in [2.05, 4.69) is 4.98 Å². The second kappa shape index (κ2) is 8.02. The Hall–Kier alpha value is -2.17. The zero-order chi connectivity index (χ0) is 18.1. The molecule has 9 heteroatoms. The van der Waals surface area contributed by atoms with Crippen LogP contribution in [0, 0.1) is 0 Å². The quantitative estimate of drug-likeness (QED) is 0.841. The SMILES string of the molecule is CCOC(=O)N1C[C@H](C)N(c2nc3c(C(=O)O)cccc3o2)[C@@H](C)C1.[LiH]. The van der Waals surface area contributed by atoms with Crippen molar-refractivity contribution in [1.29, 1.82) is 0 Å². The van der Waals surface area contributed by atoms with Gasteiger partial charge in [0.25, 0.3) is 6.01 Å². The fourth-order valence-corrected chi connectivity index (χ4v) is 3.28. The minimum atomic E-state index is -1.04. The molecular weight excluding hydrogens is 333 g/mol. The number of carboxylic acids is 1. The maximum absolute atomic E-state index is 12.0. The van der Waals surface area contributed by atoms with Crippen molar-refractivity contribution in [2.24, 2.45) is 0 Å². The maximum atomic E-state index is 12.0. The number of benzene rings is 1. The van der Waals surface area contributed by atoms with Gasteiger partial charge in [-0.1, -0.05) is 6.07 Å². The molecule has 0 radical (unpaired) electrons. The molecule has 8 nitrogen and oxygen atoms in total. The number of oxazole rings is 1. The number of rotatable bonds is 3. The van der Waals surface area contributed by atoms with Gasteiger partial charge in [-0.2, -0.15) is 4.98 Å². The number of anilines is 1. The molecule has 136 valence electrons. The van der Waals surface area contributed by atoms with Crippen LogP contribution in [0.5, 0.6) is 0 Å². The third kappa shape index (κ3) is 3.67. The first-order valence-corrected chi connectivity index (χ1v) is 8.25. The molecule has 2 heterocycles. The summed E-state index contributed by atoms with van der Waals surface area (Å²) >= 11 is 0. The molecule has 1 aliphatic rings. The zero-order valence-electron chi connectivity index (χ0n) is 14.4. The van der Waals surface area contributed by atoms with Crippen molar-refractivity contribution in [2.75, 3.05) is 24.6 Å². The van der Waals surface area contributed by atoms with E-state index < -0.39 is 5.97 Å². The zero-order valence-corrected chi connectivity index (χ0v) is 14.4. The first-order chi connectivity index (χ1) is 11.9. The first kappa shape index (κ1) is 20.1. The van der Waals surface area contributed by atoms with Gasteiger partial charge in [-0.3, -0.25) is 0 Å². The number of fused-ring (bicyclic) bond motifs is 1. The van der Waals surface area contributed by atoms with Crippen LogP contribution in [0.2, 0.25) is 0 Å². The summed E-state index contributed by atoms with van der Waals surface area (Å²) in [5, 5.41) is 9.30. The number of hydrogen-bond donors (Lipinski definition) is 1. The first-order valence-electron chi connectivity index (χ1n) is 8.25. The fraction of sp³-hybridized carbons (Fsp3) is 0.471. The normalized spacial score (nSPS) is 20.0. The average molecular weight is 355 g/mol. The van der Waals surface area contributed by atoms with E-state index in [0.29, 0.717) is 36.8 Å². The third-order valence-corrected chi connectivity index (χ3v) is 4.30. The van der Waals surface area contributed by atoms with Gasteiger partial charge >= 0.3 is 30.9 Å². The van der Waals surface area contributed by atoms with Crippen LogP contribution in [-0.4, -0.2) is 77.7 Å². The molecule has 2 aromatic rings. The molecule has 0 spiro atoms. The number of piperazine rings is 1. The minimum absolute atomic E-state index is 0. The number of carboxylic acid groups (broad SMARTS) is 1. The molecule has 1 fully saturated rings. The summed E-state index contributed by atoms with van der Waals surface area (Å²) < 4.78 is 10.9. The molecule has 0 unspecified atom stereocenters. The Labute approximate surface area is 163 Å². The van der Waals surface area contributed by atoms with Crippen LogP contribution in [0.25, 0.3) is 11.1 Å². The second-order valence-electron chi connectivity index (χ2n) is 6.16. The molecule has 1 aliphatic heterocycles. The Kier molecular flexibility index (Phi) is 6.21. The molecule has 3 rings (SSSR count). The third-order valence-electron chi connectivity index (χ3n) is 4.30.